The van der Waals surface area contributed by atoms with Gasteiger partial charge in [-0.25, -0.2) is 4.39 Å². The highest BCUT2D eigenvalue weighted by Gasteiger charge is 2.17. The third kappa shape index (κ3) is 2.84. The van der Waals surface area contributed by atoms with Crippen LogP contribution in [0.3, 0.4) is 0 Å². The van der Waals surface area contributed by atoms with Crippen LogP contribution in [0.15, 0.2) is 24.3 Å². The largest absolute Gasteiger partial charge is 0.207 e. The lowest BCUT2D eigenvalue weighted by Crippen LogP contribution is -1.93. The zero-order chi connectivity index (χ0) is 12.6. The Bertz CT molecular complexity index is 553. The third-order valence-corrected chi connectivity index (χ3v) is 4.98. The number of hydrogen-bond acceptors (Lipinski definition) is 1. The lowest BCUT2D eigenvalue weighted by Gasteiger charge is -2.10. The van der Waals surface area contributed by atoms with E-state index in [9.17, 15) is 4.39 Å². The fourth-order valence-corrected chi connectivity index (χ4v) is 3.93. The van der Waals surface area contributed by atoms with Crippen molar-refractivity contribution >= 4 is 50.5 Å². The summed E-state index contributed by atoms with van der Waals surface area (Å²) < 4.78 is 14.7. The van der Waals surface area contributed by atoms with Crippen molar-refractivity contribution in [2.75, 3.05) is 0 Å². The molecule has 0 aliphatic carbocycles. The van der Waals surface area contributed by atoms with E-state index >= 15 is 0 Å². The average Bonchev–Trinajstić information content (AvgIpc) is 2.61. The number of alkyl halides is 1. The van der Waals surface area contributed by atoms with Crippen LogP contribution in [0.2, 0.25) is 8.67 Å². The van der Waals surface area contributed by atoms with Gasteiger partial charge in [-0.3, -0.25) is 0 Å². The standard InChI is InChI=1S/C12H8BrCl2FS/c1-6-2-3-7(4-9(6)16)11(13)8-5-10(14)17-12(8)15/h2-5,11H,1H3. The van der Waals surface area contributed by atoms with Gasteiger partial charge in [-0.15, -0.1) is 11.3 Å². The molecule has 0 saturated heterocycles. The molecule has 0 bridgehead atoms. The van der Waals surface area contributed by atoms with Crippen LogP contribution < -0.4 is 0 Å². The van der Waals surface area contributed by atoms with E-state index in [1.807, 2.05) is 6.07 Å². The Morgan fingerprint density at radius 2 is 2.00 bits per heavy atom. The summed E-state index contributed by atoms with van der Waals surface area (Å²) in [6.07, 6.45) is 0. The summed E-state index contributed by atoms with van der Waals surface area (Å²) in [5, 5.41) is 0. The number of rotatable bonds is 2. The Morgan fingerprint density at radius 1 is 1.29 bits per heavy atom. The van der Waals surface area contributed by atoms with Gasteiger partial charge in [0.05, 0.1) is 13.5 Å². The van der Waals surface area contributed by atoms with Crippen LogP contribution in [0, 0.1) is 12.7 Å². The molecular weight excluding hydrogens is 346 g/mol. The first-order chi connectivity index (χ1) is 7.99. The number of halogens is 4. The molecule has 0 N–H and O–H groups in total. The van der Waals surface area contributed by atoms with Crippen molar-refractivity contribution in [1.29, 1.82) is 0 Å². The molecule has 2 rings (SSSR count). The van der Waals surface area contributed by atoms with E-state index in [1.54, 1.807) is 19.1 Å². The minimum atomic E-state index is -0.218. The van der Waals surface area contributed by atoms with Crippen molar-refractivity contribution in [3.8, 4) is 0 Å². The van der Waals surface area contributed by atoms with Crippen molar-refractivity contribution < 1.29 is 4.39 Å². The molecule has 0 saturated carbocycles. The third-order valence-electron chi connectivity index (χ3n) is 2.44. The highest BCUT2D eigenvalue weighted by atomic mass is 79.9. The Kier molecular flexibility index (Phi) is 4.14. The maximum atomic E-state index is 13.5. The van der Waals surface area contributed by atoms with Crippen molar-refractivity contribution in [3.05, 3.63) is 55.4 Å². The molecule has 1 aromatic carbocycles. The second kappa shape index (κ2) is 5.27. The first-order valence-electron chi connectivity index (χ1n) is 4.84. The lowest BCUT2D eigenvalue weighted by molar-refractivity contribution is 0.616. The summed E-state index contributed by atoms with van der Waals surface area (Å²) in [4.78, 5) is -0.145. The quantitative estimate of drug-likeness (QED) is 0.582. The second-order valence-electron chi connectivity index (χ2n) is 3.65. The summed E-state index contributed by atoms with van der Waals surface area (Å²) in [7, 11) is 0. The molecule has 1 unspecified atom stereocenters. The number of thiophene rings is 1. The maximum Gasteiger partial charge on any atom is 0.126 e. The lowest BCUT2D eigenvalue weighted by atomic mass is 10.1. The predicted molar refractivity (Wildman–Crippen MR) is 76.2 cm³/mol. The Balaban J connectivity index is 2.40. The van der Waals surface area contributed by atoms with Crippen LogP contribution in [0.25, 0.3) is 0 Å². The number of benzene rings is 1. The number of hydrogen-bond donors (Lipinski definition) is 0. The summed E-state index contributed by atoms with van der Waals surface area (Å²) in [6, 6.07) is 6.93. The van der Waals surface area contributed by atoms with Gasteiger partial charge in [0.15, 0.2) is 0 Å². The van der Waals surface area contributed by atoms with Crippen LogP contribution in [0.1, 0.15) is 21.5 Å². The van der Waals surface area contributed by atoms with Crippen molar-refractivity contribution in [2.45, 2.75) is 11.8 Å². The van der Waals surface area contributed by atoms with E-state index in [-0.39, 0.29) is 10.6 Å². The summed E-state index contributed by atoms with van der Waals surface area (Å²) in [5.74, 6) is -0.218. The second-order valence-corrected chi connectivity index (χ2v) is 6.85. The highest BCUT2D eigenvalue weighted by Crippen LogP contribution is 2.41. The van der Waals surface area contributed by atoms with Crippen LogP contribution >= 0.6 is 50.5 Å². The Morgan fingerprint density at radius 3 is 2.53 bits per heavy atom. The first kappa shape index (κ1) is 13.3. The zero-order valence-corrected chi connectivity index (χ0v) is 12.7. The molecule has 0 fully saturated rings. The normalized spacial score (nSPS) is 12.8. The van der Waals surface area contributed by atoms with Gasteiger partial charge in [0.25, 0.3) is 0 Å². The van der Waals surface area contributed by atoms with E-state index in [4.69, 9.17) is 23.2 Å². The fraction of sp³-hybridized carbons (Fsp3) is 0.167. The van der Waals surface area contributed by atoms with Crippen molar-refractivity contribution in [1.82, 2.24) is 0 Å². The van der Waals surface area contributed by atoms with Gasteiger partial charge in [0, 0.05) is 5.56 Å². The summed E-state index contributed by atoms with van der Waals surface area (Å²) >= 11 is 16.8. The minimum absolute atomic E-state index is 0.145. The van der Waals surface area contributed by atoms with Crippen molar-refractivity contribution in [2.24, 2.45) is 0 Å². The zero-order valence-electron chi connectivity index (χ0n) is 8.81. The van der Waals surface area contributed by atoms with Gasteiger partial charge in [-0.1, -0.05) is 51.3 Å². The maximum absolute atomic E-state index is 13.5. The van der Waals surface area contributed by atoms with Gasteiger partial charge in [-0.05, 0) is 30.2 Å². The Hall–Kier alpha value is -0.0900. The average molecular weight is 354 g/mol. The van der Waals surface area contributed by atoms with Gasteiger partial charge in [0.2, 0.25) is 0 Å². The molecule has 0 amide bonds. The molecule has 0 nitrogen and oxygen atoms in total. The molecule has 17 heavy (non-hydrogen) atoms. The fourth-order valence-electron chi connectivity index (χ4n) is 1.47. The molecule has 0 spiro atoms. The van der Waals surface area contributed by atoms with Gasteiger partial charge in [-0.2, -0.15) is 0 Å². The smallest absolute Gasteiger partial charge is 0.126 e. The summed E-state index contributed by atoms with van der Waals surface area (Å²) in [6.45, 7) is 1.73. The van der Waals surface area contributed by atoms with E-state index in [2.05, 4.69) is 15.9 Å². The molecule has 5 heteroatoms. The van der Waals surface area contributed by atoms with Crippen LogP contribution in [0.4, 0.5) is 4.39 Å². The molecule has 1 atom stereocenters. The van der Waals surface area contributed by atoms with Gasteiger partial charge < -0.3 is 0 Å². The molecule has 1 aromatic heterocycles. The van der Waals surface area contributed by atoms with Crippen LogP contribution in [0.5, 0.6) is 0 Å². The highest BCUT2D eigenvalue weighted by molar-refractivity contribution is 9.09. The predicted octanol–water partition coefficient (Wildman–Crippen LogP) is 5.99. The molecule has 1 heterocycles. The molecule has 0 aliphatic rings. The molecule has 0 radical (unpaired) electrons. The molecule has 2 aromatic rings. The SMILES string of the molecule is Cc1ccc(C(Br)c2cc(Cl)sc2Cl)cc1F. The molecule has 0 aliphatic heterocycles. The van der Waals surface area contributed by atoms with E-state index in [0.29, 0.717) is 14.2 Å². The minimum Gasteiger partial charge on any atom is -0.207 e. The summed E-state index contributed by atoms with van der Waals surface area (Å²) in [5.41, 5.74) is 2.32. The van der Waals surface area contributed by atoms with Crippen LogP contribution in [-0.4, -0.2) is 0 Å². The monoisotopic (exact) mass is 352 g/mol. The van der Waals surface area contributed by atoms with E-state index in [0.717, 1.165) is 11.1 Å². The number of aryl methyl sites for hydroxylation is 1. The molecule has 90 valence electrons. The first-order valence-corrected chi connectivity index (χ1v) is 7.32. The molecular formula is C12H8BrCl2FS. The van der Waals surface area contributed by atoms with E-state index in [1.165, 1.54) is 17.4 Å². The van der Waals surface area contributed by atoms with E-state index < -0.39 is 0 Å². The topological polar surface area (TPSA) is 0 Å². The Labute approximate surface area is 121 Å². The van der Waals surface area contributed by atoms with Crippen molar-refractivity contribution in [3.63, 3.8) is 0 Å². The van der Waals surface area contributed by atoms with Gasteiger partial charge in [0.1, 0.15) is 5.82 Å². The van der Waals surface area contributed by atoms with Gasteiger partial charge >= 0.3 is 0 Å². The van der Waals surface area contributed by atoms with Crippen LogP contribution in [-0.2, 0) is 0 Å².